The molecule has 0 radical (unpaired) electrons. The number of hydrogen-bond donors (Lipinski definition) is 2. The van der Waals surface area contributed by atoms with Crippen LogP contribution in [0.15, 0.2) is 41.8 Å². The van der Waals surface area contributed by atoms with Crippen LogP contribution < -0.4 is 10.6 Å². The Bertz CT molecular complexity index is 758. The molecule has 0 aliphatic carbocycles. The lowest BCUT2D eigenvalue weighted by molar-refractivity contribution is -0.384. The number of anilines is 1. The van der Waals surface area contributed by atoms with Gasteiger partial charge in [-0.15, -0.1) is 11.3 Å². The molecular formula is C20H26N4O3S. The highest BCUT2D eigenvalue weighted by atomic mass is 32.1. The van der Waals surface area contributed by atoms with Crippen molar-refractivity contribution in [1.82, 2.24) is 10.2 Å². The summed E-state index contributed by atoms with van der Waals surface area (Å²) in [5.74, 6) is 0.0613. The average Bonchev–Trinajstić information content (AvgIpc) is 3.40. The minimum Gasteiger partial charge on any atom is -0.385 e. The van der Waals surface area contributed by atoms with E-state index in [2.05, 4.69) is 33.0 Å². The van der Waals surface area contributed by atoms with Gasteiger partial charge in [0.1, 0.15) is 0 Å². The molecule has 1 fully saturated rings. The van der Waals surface area contributed by atoms with Gasteiger partial charge >= 0.3 is 0 Å². The van der Waals surface area contributed by atoms with E-state index in [0.29, 0.717) is 25.9 Å². The van der Waals surface area contributed by atoms with Crippen LogP contribution in [0.5, 0.6) is 0 Å². The van der Waals surface area contributed by atoms with Crippen molar-refractivity contribution in [3.05, 3.63) is 56.8 Å². The molecule has 1 aromatic carbocycles. The normalized spacial score (nSPS) is 15.3. The molecule has 2 heterocycles. The van der Waals surface area contributed by atoms with Crippen molar-refractivity contribution in [2.45, 2.75) is 31.7 Å². The minimum atomic E-state index is -0.417. The number of benzene rings is 1. The van der Waals surface area contributed by atoms with E-state index in [0.717, 1.165) is 18.8 Å². The molecule has 8 heteroatoms. The Morgan fingerprint density at radius 2 is 1.96 bits per heavy atom. The quantitative estimate of drug-likeness (QED) is 0.359. The van der Waals surface area contributed by atoms with Crippen molar-refractivity contribution in [2.24, 2.45) is 0 Å². The zero-order chi connectivity index (χ0) is 19.8. The summed E-state index contributed by atoms with van der Waals surface area (Å²) in [7, 11) is 0. The second kappa shape index (κ2) is 10.2. The molecule has 2 N–H and O–H groups in total. The number of hydrogen-bond acceptors (Lipinski definition) is 6. The molecule has 1 atom stereocenters. The van der Waals surface area contributed by atoms with E-state index < -0.39 is 4.92 Å². The first-order valence-electron chi connectivity index (χ1n) is 9.66. The number of non-ortho nitro benzene ring substituents is 1. The lowest BCUT2D eigenvalue weighted by Crippen LogP contribution is -2.36. The molecule has 0 saturated carbocycles. The maximum atomic E-state index is 12.2. The van der Waals surface area contributed by atoms with Crippen LogP contribution in [0.4, 0.5) is 11.4 Å². The molecule has 0 spiro atoms. The van der Waals surface area contributed by atoms with Crippen molar-refractivity contribution in [1.29, 1.82) is 0 Å². The molecule has 1 aliphatic heterocycles. The monoisotopic (exact) mass is 402 g/mol. The fourth-order valence-electron chi connectivity index (χ4n) is 3.43. The zero-order valence-electron chi connectivity index (χ0n) is 15.8. The first-order chi connectivity index (χ1) is 13.6. The molecule has 2 aromatic rings. The molecule has 1 unspecified atom stereocenters. The molecule has 7 nitrogen and oxygen atoms in total. The van der Waals surface area contributed by atoms with Crippen molar-refractivity contribution in [3.8, 4) is 0 Å². The highest BCUT2D eigenvalue weighted by molar-refractivity contribution is 7.10. The van der Waals surface area contributed by atoms with Gasteiger partial charge in [0.05, 0.1) is 11.0 Å². The fraction of sp³-hybridized carbons (Fsp3) is 0.450. The molecule has 1 saturated heterocycles. The van der Waals surface area contributed by atoms with Gasteiger partial charge in [-0.2, -0.15) is 0 Å². The summed E-state index contributed by atoms with van der Waals surface area (Å²) in [5, 5.41) is 19.0. The maximum Gasteiger partial charge on any atom is 0.269 e. The standard InChI is InChI=1S/C20H26N4O3S/c25-20(6-3-11-21-16-7-9-17(10-8-16)24(26)27)22-15-18(19-5-4-14-28-19)23-12-1-2-13-23/h4-5,7-10,14,18,21H,1-3,6,11-13,15H2,(H,22,25). The average molecular weight is 403 g/mol. The molecular weight excluding hydrogens is 376 g/mol. The second-order valence-electron chi connectivity index (χ2n) is 6.91. The van der Waals surface area contributed by atoms with Gasteiger partial charge in [-0.3, -0.25) is 19.8 Å². The largest absolute Gasteiger partial charge is 0.385 e. The topological polar surface area (TPSA) is 87.5 Å². The summed E-state index contributed by atoms with van der Waals surface area (Å²) < 4.78 is 0. The highest BCUT2D eigenvalue weighted by Crippen LogP contribution is 2.27. The molecule has 1 amide bonds. The van der Waals surface area contributed by atoms with E-state index >= 15 is 0 Å². The third kappa shape index (κ3) is 5.77. The number of rotatable bonds is 10. The number of carbonyl (C=O) groups excluding carboxylic acids is 1. The van der Waals surface area contributed by atoms with Crippen LogP contribution in [0.3, 0.4) is 0 Å². The highest BCUT2D eigenvalue weighted by Gasteiger charge is 2.24. The number of nitro groups is 1. The van der Waals surface area contributed by atoms with E-state index in [-0.39, 0.29) is 17.6 Å². The van der Waals surface area contributed by atoms with Crippen LogP contribution in [0.1, 0.15) is 36.6 Å². The third-order valence-electron chi connectivity index (χ3n) is 4.93. The van der Waals surface area contributed by atoms with Crippen LogP contribution in [-0.2, 0) is 4.79 Å². The van der Waals surface area contributed by atoms with Crippen molar-refractivity contribution in [3.63, 3.8) is 0 Å². The van der Waals surface area contributed by atoms with Crippen LogP contribution in [0, 0.1) is 10.1 Å². The third-order valence-corrected chi connectivity index (χ3v) is 5.91. The summed E-state index contributed by atoms with van der Waals surface area (Å²) in [5.41, 5.74) is 0.890. The summed E-state index contributed by atoms with van der Waals surface area (Å²) in [6.45, 7) is 3.48. The van der Waals surface area contributed by atoms with Crippen molar-refractivity contribution in [2.75, 3.05) is 31.5 Å². The minimum absolute atomic E-state index is 0.0613. The first kappa shape index (κ1) is 20.3. The lowest BCUT2D eigenvalue weighted by Gasteiger charge is -2.26. The number of nitrogens with zero attached hydrogens (tertiary/aromatic N) is 2. The number of amides is 1. The molecule has 28 heavy (non-hydrogen) atoms. The molecule has 1 aliphatic rings. The van der Waals surface area contributed by atoms with Crippen molar-refractivity contribution < 1.29 is 9.72 Å². The second-order valence-corrected chi connectivity index (χ2v) is 7.89. The van der Waals surface area contributed by atoms with E-state index in [1.165, 1.54) is 29.9 Å². The predicted octanol–water partition coefficient (Wildman–Crippen LogP) is 3.80. The fourth-order valence-corrected chi connectivity index (χ4v) is 4.29. The summed E-state index contributed by atoms with van der Waals surface area (Å²) >= 11 is 1.75. The SMILES string of the molecule is O=C(CCCNc1ccc([N+](=O)[O-])cc1)NCC(c1cccs1)N1CCCC1. The Morgan fingerprint density at radius 3 is 2.61 bits per heavy atom. The Morgan fingerprint density at radius 1 is 1.21 bits per heavy atom. The van der Waals surface area contributed by atoms with Gasteiger partial charge in [-0.1, -0.05) is 6.07 Å². The Labute approximate surface area is 168 Å². The summed E-state index contributed by atoms with van der Waals surface area (Å²) in [6.07, 6.45) is 3.61. The van der Waals surface area contributed by atoms with Gasteiger partial charge in [0.2, 0.25) is 5.91 Å². The lowest BCUT2D eigenvalue weighted by atomic mass is 10.2. The van der Waals surface area contributed by atoms with E-state index in [1.807, 2.05) is 0 Å². The van der Waals surface area contributed by atoms with Crippen molar-refractivity contribution >= 4 is 28.6 Å². The number of nitrogens with one attached hydrogen (secondary N) is 2. The first-order valence-corrected chi connectivity index (χ1v) is 10.5. The van der Waals surface area contributed by atoms with Gasteiger partial charge in [0.25, 0.3) is 5.69 Å². The van der Waals surface area contributed by atoms with Crippen LogP contribution in [0.25, 0.3) is 0 Å². The van der Waals surface area contributed by atoms with E-state index in [9.17, 15) is 14.9 Å². The van der Waals surface area contributed by atoms with Gasteiger partial charge in [-0.05, 0) is 55.9 Å². The van der Waals surface area contributed by atoms with Crippen LogP contribution in [-0.4, -0.2) is 41.9 Å². The predicted molar refractivity (Wildman–Crippen MR) is 112 cm³/mol. The van der Waals surface area contributed by atoms with Gasteiger partial charge in [0.15, 0.2) is 0 Å². The number of carbonyl (C=O) groups is 1. The van der Waals surface area contributed by atoms with Crippen LogP contribution >= 0.6 is 11.3 Å². The Hall–Kier alpha value is -2.45. The van der Waals surface area contributed by atoms with Gasteiger partial charge < -0.3 is 10.6 Å². The van der Waals surface area contributed by atoms with E-state index in [4.69, 9.17) is 0 Å². The summed E-state index contributed by atoms with van der Waals surface area (Å²) in [4.78, 5) is 26.2. The van der Waals surface area contributed by atoms with Gasteiger partial charge in [-0.25, -0.2) is 0 Å². The number of thiophene rings is 1. The number of likely N-dealkylation sites (tertiary alicyclic amines) is 1. The van der Waals surface area contributed by atoms with E-state index in [1.54, 1.807) is 23.5 Å². The summed E-state index contributed by atoms with van der Waals surface area (Å²) in [6, 6.07) is 10.8. The number of nitro benzene ring substituents is 1. The Balaban J connectivity index is 1.38. The zero-order valence-corrected chi connectivity index (χ0v) is 16.6. The Kier molecular flexibility index (Phi) is 7.39. The molecule has 3 rings (SSSR count). The van der Waals surface area contributed by atoms with Crippen LogP contribution in [0.2, 0.25) is 0 Å². The smallest absolute Gasteiger partial charge is 0.269 e. The molecule has 0 bridgehead atoms. The molecule has 150 valence electrons. The maximum absolute atomic E-state index is 12.2. The van der Waals surface area contributed by atoms with Gasteiger partial charge in [0, 0.05) is 42.2 Å². The molecule has 1 aromatic heterocycles.